The average Bonchev–Trinajstić information content (AvgIpc) is 1.81. The van der Waals surface area contributed by atoms with Crippen LogP contribution in [-0.4, -0.2) is 27.0 Å². The molecule has 0 radical (unpaired) electrons. The van der Waals surface area contributed by atoms with Crippen LogP contribution in [-0.2, 0) is 0 Å². The van der Waals surface area contributed by atoms with Gasteiger partial charge in [0.05, 0.1) is 0 Å². The van der Waals surface area contributed by atoms with E-state index in [-0.39, 0.29) is 0 Å². The molecule has 4 heteroatoms. The molecule has 0 aliphatic heterocycles. The molecule has 38 valence electrons. The van der Waals surface area contributed by atoms with Crippen molar-refractivity contribution in [2.24, 2.45) is 0 Å². The van der Waals surface area contributed by atoms with Gasteiger partial charge in [-0.25, -0.2) is 0 Å². The first-order valence-electron chi connectivity index (χ1n) is 3.23. The number of hydrogen-bond acceptors (Lipinski definition) is 0. The molecule has 0 aromatic carbocycles. The van der Waals surface area contributed by atoms with Gasteiger partial charge in [-0.05, 0) is 0 Å². The Morgan fingerprint density at radius 1 is 0.875 bits per heavy atom. The Labute approximate surface area is 54.3 Å². The first-order valence-corrected chi connectivity index (χ1v) is 3.23. The van der Waals surface area contributed by atoms with Crippen LogP contribution in [0.5, 0.6) is 0 Å². The van der Waals surface area contributed by atoms with E-state index in [0.717, 1.165) is 12.6 Å². The van der Waals surface area contributed by atoms with Gasteiger partial charge in [0.15, 0.2) is 0 Å². The van der Waals surface area contributed by atoms with Gasteiger partial charge in [-0.3, -0.25) is 0 Å². The van der Waals surface area contributed by atoms with Crippen molar-refractivity contribution in [3.63, 3.8) is 0 Å². The van der Waals surface area contributed by atoms with Crippen LogP contribution in [0.1, 0.15) is 13.8 Å². The van der Waals surface area contributed by atoms with Crippen LogP contribution in [0.3, 0.4) is 0 Å². The van der Waals surface area contributed by atoms with Gasteiger partial charge in [0, 0.05) is 0 Å². The van der Waals surface area contributed by atoms with Crippen molar-refractivity contribution >= 4 is 27.0 Å². The quantitative estimate of drug-likeness (QED) is 0.452. The molecule has 0 aromatic rings. The topological polar surface area (TPSA) is 0 Å². The van der Waals surface area contributed by atoms with Crippen LogP contribution in [0, 0.1) is 0 Å². The van der Waals surface area contributed by atoms with Crippen LogP contribution in [0.15, 0.2) is 0 Å². The van der Waals surface area contributed by atoms with Gasteiger partial charge < -0.3 is 0 Å². The van der Waals surface area contributed by atoms with Gasteiger partial charge >= 0.3 is 53.5 Å². The summed E-state index contributed by atoms with van der Waals surface area (Å²) in [7, 11) is 0. The fraction of sp³-hybridized carbons (Fsp3) is 1.00. The summed E-state index contributed by atoms with van der Waals surface area (Å²) in [5.74, 6) is 0. The third-order valence-corrected chi connectivity index (χ3v) is 0.855. The Morgan fingerprint density at radius 3 is 1.50 bits per heavy atom. The molecular weight excluding hydrogens is 91.3 g/mol. The summed E-state index contributed by atoms with van der Waals surface area (Å²) in [4.78, 5) is 0. The van der Waals surface area contributed by atoms with Crippen molar-refractivity contribution in [3.05, 3.63) is 0 Å². The molecule has 0 amide bonds. The van der Waals surface area contributed by atoms with E-state index in [4.69, 9.17) is 0 Å². The molecule has 0 bridgehead atoms. The third-order valence-electron chi connectivity index (χ3n) is 0.855. The predicted octanol–water partition coefficient (Wildman–Crippen LogP) is 0.425. The van der Waals surface area contributed by atoms with Crippen LogP contribution in [0.2, 0.25) is 12.6 Å². The number of hydrogen-bond donors (Lipinski definition) is 0. The zero-order valence-corrected chi connectivity index (χ0v) is 5.72. The van der Waals surface area contributed by atoms with E-state index in [2.05, 4.69) is 40.8 Å². The van der Waals surface area contributed by atoms with E-state index < -0.39 is 0 Å². The van der Waals surface area contributed by atoms with Crippen LogP contribution in [0.25, 0.3) is 0 Å². The summed E-state index contributed by atoms with van der Waals surface area (Å²) in [5, 5.41) is 0. The molecule has 0 saturated carbocycles. The maximum absolute atomic E-state index is 2.14. The zero-order chi connectivity index (χ0) is 6.24. The van der Waals surface area contributed by atoms with E-state index in [9.17, 15) is 0 Å². The normalized spacial score (nSPS) is 7.75. The van der Waals surface area contributed by atoms with Crippen LogP contribution in [0.4, 0.5) is 0 Å². The Hall–Kier alpha value is 0.260. The van der Waals surface area contributed by atoms with Gasteiger partial charge in [-0.2, -0.15) is 0 Å². The SMILES string of the molecule is CCB=BB=BCC. The molecule has 0 unspecified atom stereocenters. The summed E-state index contributed by atoms with van der Waals surface area (Å²) >= 11 is 0. The van der Waals surface area contributed by atoms with E-state index in [0.29, 0.717) is 0 Å². The molecule has 0 nitrogen and oxygen atoms in total. The molecule has 0 saturated heterocycles. The van der Waals surface area contributed by atoms with Gasteiger partial charge in [-0.1, -0.05) is 0 Å². The minimum absolute atomic E-state index is 1.13. The summed E-state index contributed by atoms with van der Waals surface area (Å²) in [6.07, 6.45) is 2.27. The third kappa shape index (κ3) is 6.26. The molecule has 8 heavy (non-hydrogen) atoms. The van der Waals surface area contributed by atoms with Crippen molar-refractivity contribution in [1.29, 1.82) is 0 Å². The Morgan fingerprint density at radius 2 is 1.25 bits per heavy atom. The fourth-order valence-electron chi connectivity index (χ4n) is 0.429. The van der Waals surface area contributed by atoms with E-state index in [1.54, 1.807) is 0 Å². The van der Waals surface area contributed by atoms with Gasteiger partial charge in [0.25, 0.3) is 0 Å². The minimum atomic E-state index is 1.13. The second-order valence-electron chi connectivity index (χ2n) is 1.67. The molecule has 0 heterocycles. The summed E-state index contributed by atoms with van der Waals surface area (Å²) in [6, 6.07) is 0. The molecule has 0 spiro atoms. The summed E-state index contributed by atoms with van der Waals surface area (Å²) < 4.78 is 0. The standard InChI is InChI=1S/C4H10B4/c1-3-5-7-8-6-4-2/h3-4H2,1-2H3. The maximum atomic E-state index is 2.14. The van der Waals surface area contributed by atoms with Crippen molar-refractivity contribution in [2.45, 2.75) is 26.5 Å². The molecule has 0 atom stereocenters. The first kappa shape index (κ1) is 8.26. The average molecular weight is 101 g/mol. The van der Waals surface area contributed by atoms with Gasteiger partial charge in [0.2, 0.25) is 0 Å². The van der Waals surface area contributed by atoms with Gasteiger partial charge in [-0.15, -0.1) is 0 Å². The van der Waals surface area contributed by atoms with E-state index in [1.807, 2.05) is 0 Å². The number of rotatable bonds is 3. The molecule has 0 rings (SSSR count). The molecule has 0 aliphatic rings. The summed E-state index contributed by atoms with van der Waals surface area (Å²) in [6.45, 7) is 12.7. The van der Waals surface area contributed by atoms with Crippen molar-refractivity contribution in [1.82, 2.24) is 0 Å². The van der Waals surface area contributed by atoms with Crippen molar-refractivity contribution < 1.29 is 0 Å². The Balaban J connectivity index is 3.13. The Kier molecular flexibility index (Phi) is 7.50. The second-order valence-corrected chi connectivity index (χ2v) is 1.67. The fourth-order valence-corrected chi connectivity index (χ4v) is 0.429. The van der Waals surface area contributed by atoms with Crippen molar-refractivity contribution in [3.8, 4) is 0 Å². The second kappa shape index (κ2) is 7.26. The molecule has 0 aliphatic carbocycles. The Bertz CT molecular complexity index is 74.0. The first-order chi connectivity index (χ1) is 3.91. The van der Waals surface area contributed by atoms with E-state index in [1.165, 1.54) is 0 Å². The van der Waals surface area contributed by atoms with Gasteiger partial charge in [0.1, 0.15) is 0 Å². The van der Waals surface area contributed by atoms with E-state index >= 15 is 0 Å². The monoisotopic (exact) mass is 102 g/mol. The summed E-state index contributed by atoms with van der Waals surface area (Å²) in [5.41, 5.74) is 0. The molecule has 0 fully saturated rings. The predicted molar refractivity (Wildman–Crippen MR) is 44.0 cm³/mol. The molecule has 0 N–H and O–H groups in total. The van der Waals surface area contributed by atoms with Crippen molar-refractivity contribution in [2.75, 3.05) is 0 Å². The molecular formula is C4H10B4. The zero-order valence-electron chi connectivity index (χ0n) is 5.72. The van der Waals surface area contributed by atoms with Crippen LogP contribution < -0.4 is 0 Å². The van der Waals surface area contributed by atoms with Crippen LogP contribution >= 0.6 is 0 Å². The molecule has 0 aromatic heterocycles.